The first-order chi connectivity index (χ1) is 7.12. The number of hydrogen-bond donors (Lipinski definition) is 0. The van der Waals surface area contributed by atoms with Crippen molar-refractivity contribution in [2.24, 2.45) is 0 Å². The largest absolute Gasteiger partial charge is 0.379 e. The molecule has 0 heterocycles. The lowest BCUT2D eigenvalue weighted by molar-refractivity contribution is -0.202. The second kappa shape index (κ2) is 16.3. The molecule has 0 rings (SSSR count). The van der Waals surface area contributed by atoms with E-state index in [-0.39, 0.29) is 0 Å². The van der Waals surface area contributed by atoms with Crippen molar-refractivity contribution in [3.8, 4) is 0 Å². The number of ether oxygens (including phenoxy) is 3. The fourth-order valence-electron chi connectivity index (χ4n) is 0.550. The lowest BCUT2D eigenvalue weighted by Gasteiger charge is -2.23. The summed E-state index contributed by atoms with van der Waals surface area (Å²) in [6.45, 7) is 15.6. The Morgan fingerprint density at radius 3 is 1.73 bits per heavy atom. The third kappa shape index (κ3) is 20.1. The molecule has 0 aromatic heterocycles. The molecular formula is C12H30O3. The Balaban J connectivity index is -0.000000318. The second-order valence-corrected chi connectivity index (χ2v) is 2.65. The predicted molar refractivity (Wildman–Crippen MR) is 66.2 cm³/mol. The average Bonchev–Trinajstić information content (AvgIpc) is 2.30. The van der Waals surface area contributed by atoms with Crippen LogP contribution in [-0.2, 0) is 14.2 Å². The van der Waals surface area contributed by atoms with Crippen molar-refractivity contribution in [2.45, 2.75) is 54.3 Å². The molecule has 0 bridgehead atoms. The monoisotopic (exact) mass is 222 g/mol. The Kier molecular flexibility index (Phi) is 22.1. The average molecular weight is 222 g/mol. The van der Waals surface area contributed by atoms with E-state index in [1.807, 2.05) is 48.5 Å². The molecule has 96 valence electrons. The molecule has 0 saturated carbocycles. The van der Waals surface area contributed by atoms with Gasteiger partial charge < -0.3 is 14.2 Å². The van der Waals surface area contributed by atoms with E-state index in [9.17, 15) is 0 Å². The van der Waals surface area contributed by atoms with Gasteiger partial charge in [0.2, 0.25) is 0 Å². The molecule has 3 heteroatoms. The van der Waals surface area contributed by atoms with Crippen molar-refractivity contribution in [1.82, 2.24) is 0 Å². The van der Waals surface area contributed by atoms with Crippen LogP contribution in [0.25, 0.3) is 0 Å². The first-order valence-electron chi connectivity index (χ1n) is 5.89. The van der Waals surface area contributed by atoms with E-state index in [1.165, 1.54) is 0 Å². The van der Waals surface area contributed by atoms with Crippen LogP contribution in [-0.4, -0.2) is 32.7 Å². The van der Waals surface area contributed by atoms with E-state index in [0.29, 0.717) is 13.2 Å². The van der Waals surface area contributed by atoms with Gasteiger partial charge >= 0.3 is 0 Å². The topological polar surface area (TPSA) is 27.7 Å². The van der Waals surface area contributed by atoms with E-state index < -0.39 is 5.79 Å². The van der Waals surface area contributed by atoms with Gasteiger partial charge in [-0.3, -0.25) is 0 Å². The van der Waals surface area contributed by atoms with Gasteiger partial charge in [0.05, 0.1) is 13.2 Å². The van der Waals surface area contributed by atoms with Crippen molar-refractivity contribution in [2.75, 3.05) is 26.9 Å². The lowest BCUT2D eigenvalue weighted by Crippen LogP contribution is -2.28. The van der Waals surface area contributed by atoms with Gasteiger partial charge in [-0.25, -0.2) is 0 Å². The zero-order valence-electron chi connectivity index (χ0n) is 11.8. The summed E-state index contributed by atoms with van der Waals surface area (Å²) in [5.74, 6) is -0.489. The van der Waals surface area contributed by atoms with Crippen LogP contribution >= 0.6 is 0 Å². The van der Waals surface area contributed by atoms with E-state index in [2.05, 4.69) is 0 Å². The summed E-state index contributed by atoms with van der Waals surface area (Å²) in [7, 11) is 1.63. The van der Waals surface area contributed by atoms with Crippen molar-refractivity contribution in [1.29, 1.82) is 0 Å². The Morgan fingerprint density at radius 2 is 1.40 bits per heavy atom. The molecule has 0 saturated heterocycles. The SMILES string of the molecule is CC.CC.CCOCCOC(C)(C)OC. The van der Waals surface area contributed by atoms with Crippen LogP contribution in [0.2, 0.25) is 0 Å². The molecule has 0 N–H and O–H groups in total. The summed E-state index contributed by atoms with van der Waals surface area (Å²) in [4.78, 5) is 0. The molecule has 3 nitrogen and oxygen atoms in total. The third-order valence-electron chi connectivity index (χ3n) is 1.37. The van der Waals surface area contributed by atoms with Crippen LogP contribution in [0.3, 0.4) is 0 Å². The minimum atomic E-state index is -0.489. The van der Waals surface area contributed by atoms with Gasteiger partial charge in [0.1, 0.15) is 0 Å². The summed E-state index contributed by atoms with van der Waals surface area (Å²) in [6, 6.07) is 0. The summed E-state index contributed by atoms with van der Waals surface area (Å²) in [6.07, 6.45) is 0. The van der Waals surface area contributed by atoms with Gasteiger partial charge in [-0.1, -0.05) is 27.7 Å². The maximum absolute atomic E-state index is 5.33. The Bertz CT molecular complexity index is 92.9. The maximum Gasteiger partial charge on any atom is 0.162 e. The van der Waals surface area contributed by atoms with E-state index >= 15 is 0 Å². The van der Waals surface area contributed by atoms with Crippen LogP contribution in [0.4, 0.5) is 0 Å². The molecule has 0 fully saturated rings. The minimum Gasteiger partial charge on any atom is -0.379 e. The van der Waals surface area contributed by atoms with Crippen molar-refractivity contribution < 1.29 is 14.2 Å². The van der Waals surface area contributed by atoms with Gasteiger partial charge in [0, 0.05) is 13.7 Å². The summed E-state index contributed by atoms with van der Waals surface area (Å²) < 4.78 is 15.5. The predicted octanol–water partition coefficient (Wildman–Crippen LogP) is 3.47. The molecule has 0 aliphatic rings. The Morgan fingerprint density at radius 1 is 0.933 bits per heavy atom. The fourth-order valence-corrected chi connectivity index (χ4v) is 0.550. The first kappa shape index (κ1) is 20.3. The quantitative estimate of drug-likeness (QED) is 0.509. The van der Waals surface area contributed by atoms with Crippen LogP contribution in [0.1, 0.15) is 48.5 Å². The van der Waals surface area contributed by atoms with Crippen LogP contribution < -0.4 is 0 Å². The van der Waals surface area contributed by atoms with Gasteiger partial charge in [-0.05, 0) is 20.8 Å². The molecule has 15 heavy (non-hydrogen) atoms. The first-order valence-corrected chi connectivity index (χ1v) is 5.89. The maximum atomic E-state index is 5.33. The molecule has 0 spiro atoms. The molecule has 0 radical (unpaired) electrons. The van der Waals surface area contributed by atoms with Gasteiger partial charge in [-0.2, -0.15) is 0 Å². The Hall–Kier alpha value is -0.120. The second-order valence-electron chi connectivity index (χ2n) is 2.65. The van der Waals surface area contributed by atoms with Crippen molar-refractivity contribution in [3.05, 3.63) is 0 Å². The Labute approximate surface area is 96.1 Å². The highest BCUT2D eigenvalue weighted by Crippen LogP contribution is 2.08. The summed E-state index contributed by atoms with van der Waals surface area (Å²) in [5.41, 5.74) is 0. The fraction of sp³-hybridized carbons (Fsp3) is 1.00. The van der Waals surface area contributed by atoms with Crippen LogP contribution in [0.5, 0.6) is 0 Å². The molecule has 0 aliphatic carbocycles. The highest BCUT2D eigenvalue weighted by Gasteiger charge is 2.15. The van der Waals surface area contributed by atoms with E-state index in [4.69, 9.17) is 14.2 Å². The number of hydrogen-bond acceptors (Lipinski definition) is 3. The van der Waals surface area contributed by atoms with Crippen LogP contribution in [0, 0.1) is 0 Å². The molecular weight excluding hydrogens is 192 g/mol. The molecule has 0 unspecified atom stereocenters. The van der Waals surface area contributed by atoms with Crippen molar-refractivity contribution in [3.63, 3.8) is 0 Å². The number of methoxy groups -OCH3 is 1. The van der Waals surface area contributed by atoms with Gasteiger partial charge in [0.15, 0.2) is 5.79 Å². The summed E-state index contributed by atoms with van der Waals surface area (Å²) in [5, 5.41) is 0. The highest BCUT2D eigenvalue weighted by atomic mass is 16.7. The smallest absolute Gasteiger partial charge is 0.162 e. The van der Waals surface area contributed by atoms with Gasteiger partial charge in [0.25, 0.3) is 0 Å². The molecule has 0 atom stereocenters. The zero-order valence-corrected chi connectivity index (χ0v) is 11.8. The molecule has 0 aromatic carbocycles. The normalized spacial score (nSPS) is 9.60. The molecule has 0 aliphatic heterocycles. The standard InChI is InChI=1S/C8H18O3.2C2H6/c1-5-10-6-7-11-8(2,3)9-4;2*1-2/h5-7H2,1-4H3;2*1-2H3. The van der Waals surface area contributed by atoms with E-state index in [0.717, 1.165) is 6.61 Å². The number of rotatable bonds is 6. The zero-order chi connectivity index (χ0) is 12.7. The molecule has 0 aromatic rings. The van der Waals surface area contributed by atoms with Crippen molar-refractivity contribution >= 4 is 0 Å². The van der Waals surface area contributed by atoms with Gasteiger partial charge in [-0.15, -0.1) is 0 Å². The highest BCUT2D eigenvalue weighted by molar-refractivity contribution is 4.50. The minimum absolute atomic E-state index is 0.489. The lowest BCUT2D eigenvalue weighted by atomic mass is 10.4. The van der Waals surface area contributed by atoms with Crippen LogP contribution in [0.15, 0.2) is 0 Å². The summed E-state index contributed by atoms with van der Waals surface area (Å²) >= 11 is 0. The molecule has 0 amide bonds. The third-order valence-corrected chi connectivity index (χ3v) is 1.37. The van der Waals surface area contributed by atoms with E-state index in [1.54, 1.807) is 7.11 Å².